The van der Waals surface area contributed by atoms with E-state index in [4.69, 9.17) is 0 Å². The minimum absolute atomic E-state index is 0.204. The summed E-state index contributed by atoms with van der Waals surface area (Å²) >= 11 is 0. The van der Waals surface area contributed by atoms with Gasteiger partial charge in [0.25, 0.3) is 0 Å². The van der Waals surface area contributed by atoms with Crippen molar-refractivity contribution in [1.82, 2.24) is 0 Å². The summed E-state index contributed by atoms with van der Waals surface area (Å²) in [6, 6.07) is 16.5. The van der Waals surface area contributed by atoms with E-state index in [9.17, 15) is 4.39 Å². The van der Waals surface area contributed by atoms with E-state index < -0.39 is 0 Å². The van der Waals surface area contributed by atoms with Crippen LogP contribution in [0.25, 0.3) is 12.2 Å². The Balaban J connectivity index is 2.19. The Morgan fingerprint density at radius 2 is 1.40 bits per heavy atom. The lowest BCUT2D eigenvalue weighted by Crippen LogP contribution is -1.75. The van der Waals surface area contributed by atoms with Gasteiger partial charge in [-0.15, -0.1) is 0 Å². The molecule has 1 heteroatoms. The molecule has 0 aliphatic heterocycles. The normalized spacial score (nSPS) is 10.7. The smallest absolute Gasteiger partial charge is 0.123 e. The van der Waals surface area contributed by atoms with E-state index in [1.165, 1.54) is 12.1 Å². The summed E-state index contributed by atoms with van der Waals surface area (Å²) in [5.74, 6) is -0.204. The third kappa shape index (κ3) is 2.78. The monoisotopic (exact) mass is 198 g/mol. The van der Waals surface area contributed by atoms with Crippen molar-refractivity contribution in [2.24, 2.45) is 0 Å². The Morgan fingerprint density at radius 3 is 2.13 bits per heavy atom. The van der Waals surface area contributed by atoms with Crippen LogP contribution in [0.3, 0.4) is 0 Å². The van der Waals surface area contributed by atoms with Gasteiger partial charge in [0.1, 0.15) is 5.82 Å². The van der Waals surface area contributed by atoms with Gasteiger partial charge in [-0.05, 0) is 23.3 Å². The van der Waals surface area contributed by atoms with Crippen LogP contribution in [0, 0.1) is 5.82 Å². The summed E-state index contributed by atoms with van der Waals surface area (Å²) in [6.07, 6.45) is 3.87. The molecule has 2 rings (SSSR count). The van der Waals surface area contributed by atoms with Gasteiger partial charge in [0.2, 0.25) is 0 Å². The highest BCUT2D eigenvalue weighted by atomic mass is 19.1. The molecular weight excluding hydrogens is 187 g/mol. The minimum Gasteiger partial charge on any atom is -0.207 e. The number of halogens is 1. The third-order valence-corrected chi connectivity index (χ3v) is 2.12. The van der Waals surface area contributed by atoms with Crippen LogP contribution in [0.2, 0.25) is 0 Å². The predicted molar refractivity (Wildman–Crippen MR) is 61.8 cm³/mol. The van der Waals surface area contributed by atoms with E-state index in [2.05, 4.69) is 0 Å². The Labute approximate surface area is 88.7 Å². The molecule has 0 amide bonds. The minimum atomic E-state index is -0.204. The van der Waals surface area contributed by atoms with Crippen molar-refractivity contribution < 1.29 is 4.39 Å². The summed E-state index contributed by atoms with van der Waals surface area (Å²) in [6.45, 7) is 0. The molecule has 0 radical (unpaired) electrons. The van der Waals surface area contributed by atoms with Gasteiger partial charge in [-0.2, -0.15) is 0 Å². The van der Waals surface area contributed by atoms with E-state index >= 15 is 0 Å². The van der Waals surface area contributed by atoms with E-state index in [0.717, 1.165) is 11.1 Å². The molecule has 0 atom stereocenters. The highest BCUT2D eigenvalue weighted by molar-refractivity contribution is 5.69. The van der Waals surface area contributed by atoms with Crippen molar-refractivity contribution in [3.8, 4) is 0 Å². The molecule has 0 aromatic heterocycles. The van der Waals surface area contributed by atoms with Gasteiger partial charge in [0.05, 0.1) is 0 Å². The van der Waals surface area contributed by atoms with Crippen LogP contribution in [0.1, 0.15) is 11.1 Å². The van der Waals surface area contributed by atoms with Gasteiger partial charge < -0.3 is 0 Å². The number of rotatable bonds is 2. The lowest BCUT2D eigenvalue weighted by Gasteiger charge is -1.94. The summed E-state index contributed by atoms with van der Waals surface area (Å²) in [4.78, 5) is 0. The molecule has 0 unspecified atom stereocenters. The van der Waals surface area contributed by atoms with Gasteiger partial charge in [0.15, 0.2) is 0 Å². The van der Waals surface area contributed by atoms with E-state index in [1.54, 1.807) is 6.07 Å². The topological polar surface area (TPSA) is 0 Å². The maximum atomic E-state index is 12.9. The molecule has 0 aliphatic rings. The Morgan fingerprint density at radius 1 is 0.733 bits per heavy atom. The van der Waals surface area contributed by atoms with E-state index in [-0.39, 0.29) is 5.82 Å². The zero-order valence-electron chi connectivity index (χ0n) is 8.23. The molecule has 2 aromatic rings. The first-order chi connectivity index (χ1) is 7.34. The van der Waals surface area contributed by atoms with Gasteiger partial charge in [-0.3, -0.25) is 0 Å². The fourth-order valence-corrected chi connectivity index (χ4v) is 1.37. The second-order valence-corrected chi connectivity index (χ2v) is 3.30. The SMILES string of the molecule is Fc1cccc(/C=C\c2ccccc2)c1. The summed E-state index contributed by atoms with van der Waals surface area (Å²) in [5.41, 5.74) is 1.99. The summed E-state index contributed by atoms with van der Waals surface area (Å²) in [7, 11) is 0. The van der Waals surface area contributed by atoms with Gasteiger partial charge in [0, 0.05) is 0 Å². The van der Waals surface area contributed by atoms with Crippen molar-refractivity contribution >= 4 is 12.2 Å². The van der Waals surface area contributed by atoms with Crippen molar-refractivity contribution in [2.45, 2.75) is 0 Å². The third-order valence-electron chi connectivity index (χ3n) is 2.12. The van der Waals surface area contributed by atoms with Crippen LogP contribution in [0.4, 0.5) is 4.39 Å². The molecule has 0 saturated carbocycles. The van der Waals surface area contributed by atoms with Gasteiger partial charge >= 0.3 is 0 Å². The maximum Gasteiger partial charge on any atom is 0.123 e. The van der Waals surface area contributed by atoms with Gasteiger partial charge in [-0.25, -0.2) is 4.39 Å². The second kappa shape index (κ2) is 4.56. The summed E-state index contributed by atoms with van der Waals surface area (Å²) in [5, 5.41) is 0. The Bertz CT molecular complexity index is 458. The van der Waals surface area contributed by atoms with Crippen molar-refractivity contribution in [3.05, 3.63) is 71.5 Å². The highest BCUT2D eigenvalue weighted by Crippen LogP contribution is 2.09. The van der Waals surface area contributed by atoms with Crippen LogP contribution in [-0.4, -0.2) is 0 Å². The molecule has 74 valence electrons. The predicted octanol–water partition coefficient (Wildman–Crippen LogP) is 4.00. The first-order valence-electron chi connectivity index (χ1n) is 4.83. The first-order valence-corrected chi connectivity index (χ1v) is 4.83. The van der Waals surface area contributed by atoms with Crippen LogP contribution in [0.5, 0.6) is 0 Å². The van der Waals surface area contributed by atoms with E-state index in [0.29, 0.717) is 0 Å². The number of hydrogen-bond donors (Lipinski definition) is 0. The van der Waals surface area contributed by atoms with Crippen LogP contribution in [-0.2, 0) is 0 Å². The Kier molecular flexibility index (Phi) is 2.93. The second-order valence-electron chi connectivity index (χ2n) is 3.30. The van der Waals surface area contributed by atoms with Crippen LogP contribution >= 0.6 is 0 Å². The molecule has 0 aliphatic carbocycles. The zero-order chi connectivity index (χ0) is 10.5. The standard InChI is InChI=1S/C14H11F/c15-14-8-4-7-13(11-14)10-9-12-5-2-1-3-6-12/h1-11H/b10-9-. The average Bonchev–Trinajstić information content (AvgIpc) is 2.28. The molecule has 0 spiro atoms. The molecule has 0 N–H and O–H groups in total. The molecule has 2 aromatic carbocycles. The van der Waals surface area contributed by atoms with Crippen LogP contribution in [0.15, 0.2) is 54.6 Å². The van der Waals surface area contributed by atoms with E-state index in [1.807, 2.05) is 48.6 Å². The Hall–Kier alpha value is -1.89. The van der Waals surface area contributed by atoms with Crippen molar-refractivity contribution in [1.29, 1.82) is 0 Å². The molecule has 0 saturated heterocycles. The van der Waals surface area contributed by atoms with Crippen molar-refractivity contribution in [2.75, 3.05) is 0 Å². The lowest BCUT2D eigenvalue weighted by molar-refractivity contribution is 0.627. The molecule has 0 heterocycles. The molecule has 15 heavy (non-hydrogen) atoms. The number of benzene rings is 2. The lowest BCUT2D eigenvalue weighted by atomic mass is 10.1. The summed E-state index contributed by atoms with van der Waals surface area (Å²) < 4.78 is 12.9. The maximum absolute atomic E-state index is 12.9. The molecule has 0 nitrogen and oxygen atoms in total. The van der Waals surface area contributed by atoms with Crippen LogP contribution < -0.4 is 0 Å². The fourth-order valence-electron chi connectivity index (χ4n) is 1.37. The average molecular weight is 198 g/mol. The fraction of sp³-hybridized carbons (Fsp3) is 0. The van der Waals surface area contributed by atoms with Crippen molar-refractivity contribution in [3.63, 3.8) is 0 Å². The molecular formula is C14H11F. The highest BCUT2D eigenvalue weighted by Gasteiger charge is 1.90. The van der Waals surface area contributed by atoms with Gasteiger partial charge in [-0.1, -0.05) is 54.6 Å². The zero-order valence-corrected chi connectivity index (χ0v) is 8.23. The molecule has 0 fully saturated rings. The number of hydrogen-bond acceptors (Lipinski definition) is 0. The molecule has 0 bridgehead atoms. The first kappa shape index (κ1) is 9.66. The largest absolute Gasteiger partial charge is 0.207 e. The quantitative estimate of drug-likeness (QED) is 0.640.